The van der Waals surface area contributed by atoms with Gasteiger partial charge in [-0.05, 0) is 31.0 Å². The molecule has 0 radical (unpaired) electrons. The second kappa shape index (κ2) is 8.99. The number of hydrogen-bond acceptors (Lipinski definition) is 4. The molecule has 2 N–H and O–H groups in total. The summed E-state index contributed by atoms with van der Waals surface area (Å²) < 4.78 is 5.47. The highest BCUT2D eigenvalue weighted by atomic mass is 16.5. The first-order chi connectivity index (χ1) is 12.3. The zero-order chi connectivity index (χ0) is 17.5. The van der Waals surface area contributed by atoms with E-state index in [2.05, 4.69) is 46.6 Å². The number of nitrogens with one attached hydrogen (secondary N) is 1. The summed E-state index contributed by atoms with van der Waals surface area (Å²) in [5, 5.41) is 13.2. The number of ether oxygens (including phenoxy) is 1. The Labute approximate surface area is 150 Å². The summed E-state index contributed by atoms with van der Waals surface area (Å²) in [6.45, 7) is 2.73. The van der Waals surface area contributed by atoms with E-state index in [1.54, 1.807) is 7.11 Å². The summed E-state index contributed by atoms with van der Waals surface area (Å²) in [4.78, 5) is 2.40. The minimum atomic E-state index is 0.197. The minimum absolute atomic E-state index is 0.197. The Morgan fingerprint density at radius 1 is 1.12 bits per heavy atom. The fraction of sp³-hybridized carbons (Fsp3) is 0.429. The standard InChI is InChI=1S/C21H28N2O2/c1-25-20-12-6-5-10-18(20)16-22-19-11-7-13-23(14-15-24)21(19)17-8-3-2-4-9-17/h2-6,8-10,12,19,21-22,24H,7,11,13-16H2,1H3/t19-,21-/m0/s1. The summed E-state index contributed by atoms with van der Waals surface area (Å²) in [7, 11) is 1.72. The van der Waals surface area contributed by atoms with Gasteiger partial charge in [0, 0.05) is 24.7 Å². The Morgan fingerprint density at radius 2 is 1.88 bits per heavy atom. The molecule has 3 rings (SSSR count). The zero-order valence-corrected chi connectivity index (χ0v) is 14.9. The van der Waals surface area contributed by atoms with Crippen LogP contribution < -0.4 is 10.1 Å². The second-order valence-corrected chi connectivity index (χ2v) is 6.56. The minimum Gasteiger partial charge on any atom is -0.496 e. The molecule has 134 valence electrons. The average Bonchev–Trinajstić information content (AvgIpc) is 2.67. The first-order valence-corrected chi connectivity index (χ1v) is 9.08. The number of piperidine rings is 1. The third kappa shape index (κ3) is 4.40. The summed E-state index contributed by atoms with van der Waals surface area (Å²) in [5.41, 5.74) is 2.49. The smallest absolute Gasteiger partial charge is 0.123 e. The molecule has 4 nitrogen and oxygen atoms in total. The molecular weight excluding hydrogens is 312 g/mol. The quantitative estimate of drug-likeness (QED) is 0.813. The van der Waals surface area contributed by atoms with Crippen LogP contribution in [-0.4, -0.2) is 42.9 Å². The lowest BCUT2D eigenvalue weighted by Crippen LogP contribution is -2.48. The predicted molar refractivity (Wildman–Crippen MR) is 101 cm³/mol. The molecule has 0 spiro atoms. The Balaban J connectivity index is 1.77. The van der Waals surface area contributed by atoms with Crippen molar-refractivity contribution in [1.29, 1.82) is 0 Å². The van der Waals surface area contributed by atoms with Gasteiger partial charge >= 0.3 is 0 Å². The van der Waals surface area contributed by atoms with Crippen LogP contribution in [0.5, 0.6) is 5.75 Å². The molecule has 1 aliphatic heterocycles. The van der Waals surface area contributed by atoms with Gasteiger partial charge in [-0.3, -0.25) is 4.90 Å². The van der Waals surface area contributed by atoms with Crippen molar-refractivity contribution in [2.45, 2.75) is 31.5 Å². The van der Waals surface area contributed by atoms with E-state index in [1.807, 2.05) is 18.2 Å². The van der Waals surface area contributed by atoms with Gasteiger partial charge in [0.15, 0.2) is 0 Å². The van der Waals surface area contributed by atoms with Crippen molar-refractivity contribution >= 4 is 0 Å². The first-order valence-electron chi connectivity index (χ1n) is 9.08. The van der Waals surface area contributed by atoms with E-state index >= 15 is 0 Å². The van der Waals surface area contributed by atoms with Crippen LogP contribution in [0.2, 0.25) is 0 Å². The number of benzene rings is 2. The number of rotatable bonds is 7. The highest BCUT2D eigenvalue weighted by molar-refractivity contribution is 5.33. The van der Waals surface area contributed by atoms with Gasteiger partial charge in [-0.1, -0.05) is 48.5 Å². The average molecular weight is 340 g/mol. The lowest BCUT2D eigenvalue weighted by molar-refractivity contribution is 0.0884. The summed E-state index contributed by atoms with van der Waals surface area (Å²) in [5.74, 6) is 0.925. The van der Waals surface area contributed by atoms with Crippen molar-refractivity contribution in [2.75, 3.05) is 26.8 Å². The molecule has 0 amide bonds. The molecule has 2 atom stereocenters. The van der Waals surface area contributed by atoms with Crippen molar-refractivity contribution in [2.24, 2.45) is 0 Å². The van der Waals surface area contributed by atoms with Gasteiger partial charge in [0.2, 0.25) is 0 Å². The van der Waals surface area contributed by atoms with E-state index in [-0.39, 0.29) is 12.6 Å². The van der Waals surface area contributed by atoms with Crippen LogP contribution in [0.25, 0.3) is 0 Å². The zero-order valence-electron chi connectivity index (χ0n) is 14.9. The SMILES string of the molecule is COc1ccccc1CN[C@H]1CCCN(CCO)[C@H]1c1ccccc1. The Kier molecular flexibility index (Phi) is 6.45. The number of methoxy groups -OCH3 is 1. The fourth-order valence-electron chi connectivity index (χ4n) is 3.84. The highest BCUT2D eigenvalue weighted by Gasteiger charge is 2.32. The van der Waals surface area contributed by atoms with Gasteiger partial charge in [0.05, 0.1) is 19.8 Å². The molecule has 2 aromatic carbocycles. The normalized spacial score (nSPS) is 21.2. The summed E-state index contributed by atoms with van der Waals surface area (Å²) in [6, 6.07) is 19.4. The van der Waals surface area contributed by atoms with E-state index < -0.39 is 0 Å². The predicted octanol–water partition coefficient (Wildman–Crippen LogP) is 2.98. The van der Waals surface area contributed by atoms with Gasteiger partial charge in [-0.25, -0.2) is 0 Å². The molecule has 0 bridgehead atoms. The molecule has 0 saturated carbocycles. The van der Waals surface area contributed by atoms with Gasteiger partial charge in [-0.2, -0.15) is 0 Å². The largest absolute Gasteiger partial charge is 0.496 e. The van der Waals surface area contributed by atoms with E-state index in [0.29, 0.717) is 12.6 Å². The monoisotopic (exact) mass is 340 g/mol. The number of hydrogen-bond donors (Lipinski definition) is 2. The lowest BCUT2D eigenvalue weighted by Gasteiger charge is -2.42. The van der Waals surface area contributed by atoms with E-state index in [4.69, 9.17) is 4.74 Å². The molecule has 1 aliphatic rings. The van der Waals surface area contributed by atoms with Crippen LogP contribution in [0.1, 0.15) is 30.0 Å². The molecule has 2 aromatic rings. The van der Waals surface area contributed by atoms with Crippen molar-refractivity contribution < 1.29 is 9.84 Å². The van der Waals surface area contributed by atoms with Gasteiger partial charge in [-0.15, -0.1) is 0 Å². The third-order valence-corrected chi connectivity index (χ3v) is 5.01. The number of aliphatic hydroxyl groups excluding tert-OH is 1. The summed E-state index contributed by atoms with van der Waals surface area (Å²) in [6.07, 6.45) is 2.28. The van der Waals surface area contributed by atoms with Crippen LogP contribution in [0.15, 0.2) is 54.6 Å². The van der Waals surface area contributed by atoms with Gasteiger partial charge in [0.25, 0.3) is 0 Å². The molecule has 4 heteroatoms. The van der Waals surface area contributed by atoms with E-state index in [1.165, 1.54) is 11.1 Å². The van der Waals surface area contributed by atoms with Crippen molar-refractivity contribution in [3.05, 3.63) is 65.7 Å². The molecule has 0 aliphatic carbocycles. The second-order valence-electron chi connectivity index (χ2n) is 6.56. The molecule has 1 saturated heterocycles. The first kappa shape index (κ1) is 17.9. The van der Waals surface area contributed by atoms with Crippen molar-refractivity contribution in [3.63, 3.8) is 0 Å². The van der Waals surface area contributed by atoms with Crippen LogP contribution in [0, 0.1) is 0 Å². The number of nitrogens with zero attached hydrogens (tertiary/aromatic N) is 1. The maximum atomic E-state index is 9.47. The molecule has 1 fully saturated rings. The van der Waals surface area contributed by atoms with Crippen LogP contribution in [0.3, 0.4) is 0 Å². The third-order valence-electron chi connectivity index (χ3n) is 5.01. The van der Waals surface area contributed by atoms with Crippen LogP contribution >= 0.6 is 0 Å². The van der Waals surface area contributed by atoms with E-state index in [9.17, 15) is 5.11 Å². The number of likely N-dealkylation sites (tertiary alicyclic amines) is 1. The Morgan fingerprint density at radius 3 is 2.64 bits per heavy atom. The maximum Gasteiger partial charge on any atom is 0.123 e. The van der Waals surface area contributed by atoms with Crippen LogP contribution in [-0.2, 0) is 6.54 Å². The Hall–Kier alpha value is -1.88. The maximum absolute atomic E-state index is 9.47. The van der Waals surface area contributed by atoms with Crippen molar-refractivity contribution in [3.8, 4) is 5.75 Å². The number of aliphatic hydroxyl groups is 1. The molecule has 1 heterocycles. The molecular formula is C21H28N2O2. The fourth-order valence-corrected chi connectivity index (χ4v) is 3.84. The Bertz CT molecular complexity index is 645. The molecule has 25 heavy (non-hydrogen) atoms. The van der Waals surface area contributed by atoms with Crippen molar-refractivity contribution in [1.82, 2.24) is 10.2 Å². The molecule has 0 unspecified atom stereocenters. The van der Waals surface area contributed by atoms with Gasteiger partial charge in [0.1, 0.15) is 5.75 Å². The van der Waals surface area contributed by atoms with E-state index in [0.717, 1.165) is 31.7 Å². The molecule has 0 aromatic heterocycles. The number of para-hydroxylation sites is 1. The number of β-amino-alcohol motifs (C(OH)–C–C–N with tert-alkyl or cyclic N) is 1. The lowest BCUT2D eigenvalue weighted by atomic mass is 9.90. The highest BCUT2D eigenvalue weighted by Crippen LogP contribution is 2.31. The van der Waals surface area contributed by atoms with Crippen LogP contribution in [0.4, 0.5) is 0 Å². The van der Waals surface area contributed by atoms with Gasteiger partial charge < -0.3 is 15.2 Å². The topological polar surface area (TPSA) is 44.7 Å². The summed E-state index contributed by atoms with van der Waals surface area (Å²) >= 11 is 0.